The Labute approximate surface area is 91.2 Å². The quantitative estimate of drug-likeness (QED) is 0.565. The van der Waals surface area contributed by atoms with E-state index in [0.717, 1.165) is 12.1 Å². The summed E-state index contributed by atoms with van der Waals surface area (Å²) in [5.74, 6) is -3.15. The minimum atomic E-state index is -4.50. The van der Waals surface area contributed by atoms with E-state index in [-0.39, 0.29) is 0 Å². The van der Waals surface area contributed by atoms with Gasteiger partial charge in [0.25, 0.3) is 5.92 Å². The fraction of sp³-hybridized carbons (Fsp3) is 0.333. The van der Waals surface area contributed by atoms with Crippen LogP contribution in [0, 0.1) is 0 Å². The summed E-state index contributed by atoms with van der Waals surface area (Å²) in [7, 11) is 0. The van der Waals surface area contributed by atoms with E-state index in [1.165, 1.54) is 0 Å². The van der Waals surface area contributed by atoms with Gasteiger partial charge in [-0.2, -0.15) is 13.2 Å². The normalized spacial score (nSPS) is 12.9. The molecular weight excluding hydrogens is 283 g/mol. The predicted molar refractivity (Wildman–Crippen MR) is 49.1 cm³/mol. The Morgan fingerprint density at radius 1 is 0.867 bits per heavy atom. The Balaban J connectivity index is 3.01. The minimum Gasteiger partial charge on any atom is -0.200 e. The number of hydrogen-bond acceptors (Lipinski definition) is 0. The number of hydrogen-bond donors (Lipinski definition) is 0. The second-order valence-electron chi connectivity index (χ2n) is 2.91. The molecule has 84 valence electrons. The number of halogens is 6. The molecule has 0 spiro atoms. The highest BCUT2D eigenvalue weighted by Gasteiger charge is 2.33. The second kappa shape index (κ2) is 4.08. The van der Waals surface area contributed by atoms with Crippen LogP contribution < -0.4 is 0 Å². The van der Waals surface area contributed by atoms with Gasteiger partial charge in [0.1, 0.15) is 0 Å². The first-order valence-corrected chi connectivity index (χ1v) is 5.01. The molecule has 1 rings (SSSR count). The molecule has 0 heterocycles. The summed E-state index contributed by atoms with van der Waals surface area (Å²) in [5.41, 5.74) is -1.37. The highest BCUT2D eigenvalue weighted by molar-refractivity contribution is 9.09. The largest absolute Gasteiger partial charge is 0.416 e. The van der Waals surface area contributed by atoms with Gasteiger partial charge in [-0.1, -0.05) is 28.1 Å². The van der Waals surface area contributed by atoms with Gasteiger partial charge in [-0.05, 0) is 12.1 Å². The summed E-state index contributed by atoms with van der Waals surface area (Å²) in [6.07, 6.45) is -4.50. The molecule has 0 N–H and O–H groups in total. The summed E-state index contributed by atoms with van der Waals surface area (Å²) in [4.78, 5) is 0. The van der Waals surface area contributed by atoms with Gasteiger partial charge in [0.05, 0.1) is 10.9 Å². The fourth-order valence-corrected chi connectivity index (χ4v) is 1.30. The number of alkyl halides is 6. The summed E-state index contributed by atoms with van der Waals surface area (Å²) in [6.45, 7) is 0. The second-order valence-corrected chi connectivity index (χ2v) is 3.47. The van der Waals surface area contributed by atoms with E-state index in [0.29, 0.717) is 12.1 Å². The van der Waals surface area contributed by atoms with Crippen molar-refractivity contribution in [1.82, 2.24) is 0 Å². The third-order valence-corrected chi connectivity index (χ3v) is 2.51. The first-order chi connectivity index (χ1) is 6.77. The monoisotopic (exact) mass is 288 g/mol. The van der Waals surface area contributed by atoms with Crippen molar-refractivity contribution in [2.24, 2.45) is 0 Å². The van der Waals surface area contributed by atoms with Crippen LogP contribution in [0.1, 0.15) is 11.1 Å². The van der Waals surface area contributed by atoms with Gasteiger partial charge in [-0.15, -0.1) is 0 Å². The van der Waals surface area contributed by atoms with Gasteiger partial charge in [0, 0.05) is 5.56 Å². The lowest BCUT2D eigenvalue weighted by Crippen LogP contribution is -2.15. The van der Waals surface area contributed by atoms with Crippen LogP contribution in [-0.4, -0.2) is 5.33 Å². The third kappa shape index (κ3) is 2.90. The average molecular weight is 289 g/mol. The van der Waals surface area contributed by atoms with E-state index in [2.05, 4.69) is 15.9 Å². The van der Waals surface area contributed by atoms with Gasteiger partial charge < -0.3 is 0 Å². The molecular formula is C9H6BrF5. The van der Waals surface area contributed by atoms with Crippen LogP contribution >= 0.6 is 15.9 Å². The van der Waals surface area contributed by atoms with Crippen LogP contribution in [0.2, 0.25) is 0 Å². The van der Waals surface area contributed by atoms with Crippen molar-refractivity contribution in [3.8, 4) is 0 Å². The van der Waals surface area contributed by atoms with E-state index in [4.69, 9.17) is 0 Å². The van der Waals surface area contributed by atoms with Crippen molar-refractivity contribution in [2.45, 2.75) is 12.1 Å². The summed E-state index contributed by atoms with van der Waals surface area (Å²) < 4.78 is 62.3. The Kier molecular flexibility index (Phi) is 3.38. The maximum atomic E-state index is 13.0. The molecule has 0 saturated carbocycles. The zero-order chi connectivity index (χ0) is 11.7. The van der Waals surface area contributed by atoms with Crippen molar-refractivity contribution in [2.75, 3.05) is 5.33 Å². The number of benzene rings is 1. The Morgan fingerprint density at radius 2 is 1.27 bits per heavy atom. The van der Waals surface area contributed by atoms with Gasteiger partial charge >= 0.3 is 6.18 Å². The lowest BCUT2D eigenvalue weighted by atomic mass is 10.1. The third-order valence-electron chi connectivity index (χ3n) is 1.80. The van der Waals surface area contributed by atoms with E-state index in [1.807, 2.05) is 0 Å². The first kappa shape index (κ1) is 12.4. The van der Waals surface area contributed by atoms with Crippen LogP contribution in [0.5, 0.6) is 0 Å². The van der Waals surface area contributed by atoms with Crippen molar-refractivity contribution in [3.05, 3.63) is 35.4 Å². The lowest BCUT2D eigenvalue weighted by molar-refractivity contribution is -0.137. The zero-order valence-corrected chi connectivity index (χ0v) is 8.87. The smallest absolute Gasteiger partial charge is 0.200 e. The van der Waals surface area contributed by atoms with Crippen LogP contribution in [0.25, 0.3) is 0 Å². The minimum absolute atomic E-state index is 0.438. The highest BCUT2D eigenvalue weighted by Crippen LogP contribution is 2.33. The Bertz CT molecular complexity index is 327. The predicted octanol–water partition coefficient (Wildman–Crippen LogP) is 4.19. The molecule has 1 aromatic carbocycles. The fourth-order valence-electron chi connectivity index (χ4n) is 0.980. The molecule has 6 heteroatoms. The van der Waals surface area contributed by atoms with Gasteiger partial charge in [-0.25, -0.2) is 8.78 Å². The van der Waals surface area contributed by atoms with Crippen LogP contribution in [0.4, 0.5) is 22.0 Å². The maximum Gasteiger partial charge on any atom is 0.416 e. The Hall–Kier alpha value is -0.650. The summed E-state index contributed by atoms with van der Waals surface area (Å²) in [6, 6.07) is 2.85. The standard InChI is InChI=1S/C9H6BrF5/c10-5-8(11,12)6-1-3-7(4-2-6)9(13,14)15/h1-4H,5H2. The Morgan fingerprint density at radius 3 is 1.60 bits per heavy atom. The average Bonchev–Trinajstić information content (AvgIpc) is 2.17. The van der Waals surface area contributed by atoms with E-state index >= 15 is 0 Å². The zero-order valence-electron chi connectivity index (χ0n) is 7.28. The molecule has 0 radical (unpaired) electrons. The van der Waals surface area contributed by atoms with Crippen molar-refractivity contribution >= 4 is 15.9 Å². The molecule has 15 heavy (non-hydrogen) atoms. The lowest BCUT2D eigenvalue weighted by Gasteiger charge is -2.14. The van der Waals surface area contributed by atoms with Gasteiger partial charge in [0.15, 0.2) is 0 Å². The van der Waals surface area contributed by atoms with E-state index in [9.17, 15) is 22.0 Å². The van der Waals surface area contributed by atoms with Crippen LogP contribution in [-0.2, 0) is 12.1 Å². The van der Waals surface area contributed by atoms with Crippen molar-refractivity contribution in [3.63, 3.8) is 0 Å². The molecule has 0 nitrogen and oxygen atoms in total. The van der Waals surface area contributed by atoms with Crippen LogP contribution in [0.15, 0.2) is 24.3 Å². The molecule has 0 aliphatic carbocycles. The molecule has 0 unspecified atom stereocenters. The highest BCUT2D eigenvalue weighted by atomic mass is 79.9. The van der Waals surface area contributed by atoms with Gasteiger partial charge in [-0.3, -0.25) is 0 Å². The maximum absolute atomic E-state index is 13.0. The topological polar surface area (TPSA) is 0 Å². The molecule has 0 atom stereocenters. The molecule has 0 bridgehead atoms. The molecule has 0 aliphatic heterocycles. The van der Waals surface area contributed by atoms with E-state index in [1.54, 1.807) is 0 Å². The van der Waals surface area contributed by atoms with E-state index < -0.39 is 28.6 Å². The van der Waals surface area contributed by atoms with Gasteiger partial charge in [0.2, 0.25) is 0 Å². The van der Waals surface area contributed by atoms with Crippen molar-refractivity contribution in [1.29, 1.82) is 0 Å². The summed E-state index contributed by atoms with van der Waals surface area (Å²) in [5, 5.41) is -0.620. The molecule has 0 fully saturated rings. The molecule has 0 aliphatic rings. The van der Waals surface area contributed by atoms with Crippen molar-refractivity contribution < 1.29 is 22.0 Å². The number of rotatable bonds is 2. The molecule has 1 aromatic rings. The molecule has 0 saturated heterocycles. The van der Waals surface area contributed by atoms with Crippen LogP contribution in [0.3, 0.4) is 0 Å². The SMILES string of the molecule is FC(F)(F)c1ccc(C(F)(F)CBr)cc1. The first-order valence-electron chi connectivity index (χ1n) is 3.89. The molecule has 0 amide bonds. The summed E-state index contributed by atoms with van der Waals surface area (Å²) >= 11 is 2.59. The molecule has 0 aromatic heterocycles.